The molecule has 0 bridgehead atoms. The summed E-state index contributed by atoms with van der Waals surface area (Å²) in [6, 6.07) is 11.1. The lowest BCUT2D eigenvalue weighted by molar-refractivity contribution is 0.282. The molecule has 0 saturated heterocycles. The van der Waals surface area contributed by atoms with Crippen molar-refractivity contribution >= 4 is 0 Å². The summed E-state index contributed by atoms with van der Waals surface area (Å²) in [5, 5.41) is 17.8. The number of aliphatic hydroxyl groups excluding tert-OH is 1. The third kappa shape index (κ3) is 2.95. The molecule has 1 aromatic carbocycles. The zero-order chi connectivity index (χ0) is 12.8. The van der Waals surface area contributed by atoms with E-state index < -0.39 is 0 Å². The van der Waals surface area contributed by atoms with Crippen LogP contribution in [0.2, 0.25) is 0 Å². The van der Waals surface area contributed by atoms with Crippen molar-refractivity contribution < 1.29 is 5.11 Å². The molecule has 0 atom stereocenters. The average Bonchev–Trinajstić information content (AvgIpc) is 2.45. The molecule has 18 heavy (non-hydrogen) atoms. The highest BCUT2D eigenvalue weighted by Gasteiger charge is 1.93. The Balaban J connectivity index is 2.28. The van der Waals surface area contributed by atoms with Gasteiger partial charge in [0.05, 0.1) is 12.2 Å². The first-order valence-corrected chi connectivity index (χ1v) is 5.39. The predicted molar refractivity (Wildman–Crippen MR) is 67.3 cm³/mol. The lowest BCUT2D eigenvalue weighted by Crippen LogP contribution is -1.84. The van der Waals surface area contributed by atoms with E-state index in [0.717, 1.165) is 11.1 Å². The summed E-state index contributed by atoms with van der Waals surface area (Å²) >= 11 is 0. The van der Waals surface area contributed by atoms with Crippen molar-refractivity contribution in [1.29, 1.82) is 5.26 Å². The summed E-state index contributed by atoms with van der Waals surface area (Å²) in [4.78, 5) is 3.94. The number of benzene rings is 1. The van der Waals surface area contributed by atoms with Gasteiger partial charge in [-0.1, -0.05) is 24.0 Å². The number of rotatable bonds is 1. The van der Waals surface area contributed by atoms with Crippen LogP contribution >= 0.6 is 0 Å². The van der Waals surface area contributed by atoms with Crippen molar-refractivity contribution in [2.24, 2.45) is 0 Å². The van der Waals surface area contributed by atoms with E-state index in [2.05, 4.69) is 16.8 Å². The number of pyridine rings is 1. The highest BCUT2D eigenvalue weighted by atomic mass is 16.3. The second-order valence-electron chi connectivity index (χ2n) is 3.68. The second kappa shape index (κ2) is 5.63. The molecule has 3 heteroatoms. The zero-order valence-corrected chi connectivity index (χ0v) is 9.59. The molecule has 1 heterocycles. The van der Waals surface area contributed by atoms with E-state index in [1.165, 1.54) is 6.20 Å². The summed E-state index contributed by atoms with van der Waals surface area (Å²) in [5.74, 6) is 5.92. The lowest BCUT2D eigenvalue weighted by Gasteiger charge is -1.95. The van der Waals surface area contributed by atoms with Crippen LogP contribution in [0, 0.1) is 23.2 Å². The Hall–Kier alpha value is -2.62. The number of hydrogen-bond acceptors (Lipinski definition) is 3. The summed E-state index contributed by atoms with van der Waals surface area (Å²) < 4.78 is 0. The first-order chi connectivity index (χ1) is 8.81. The van der Waals surface area contributed by atoms with E-state index in [-0.39, 0.29) is 6.61 Å². The fourth-order valence-corrected chi connectivity index (χ4v) is 1.46. The lowest BCUT2D eigenvalue weighted by atomic mass is 10.1. The number of aromatic nitrogens is 1. The minimum absolute atomic E-state index is 0.000985. The van der Waals surface area contributed by atoms with Crippen LogP contribution in [0.25, 0.3) is 0 Å². The van der Waals surface area contributed by atoms with E-state index in [0.29, 0.717) is 11.1 Å². The van der Waals surface area contributed by atoms with Gasteiger partial charge in [0, 0.05) is 23.5 Å². The molecule has 2 rings (SSSR count). The number of aliphatic hydroxyl groups is 1. The minimum Gasteiger partial charge on any atom is -0.392 e. The first-order valence-electron chi connectivity index (χ1n) is 5.39. The van der Waals surface area contributed by atoms with Crippen molar-refractivity contribution in [1.82, 2.24) is 4.98 Å². The number of nitriles is 1. The van der Waals surface area contributed by atoms with Gasteiger partial charge >= 0.3 is 0 Å². The summed E-state index contributed by atoms with van der Waals surface area (Å²) in [5.41, 5.74) is 2.84. The third-order valence-electron chi connectivity index (χ3n) is 2.33. The van der Waals surface area contributed by atoms with Gasteiger partial charge in [-0.2, -0.15) is 5.26 Å². The quantitative estimate of drug-likeness (QED) is 0.766. The molecular formula is C15H10N2O. The van der Waals surface area contributed by atoms with Crippen LogP contribution in [0.15, 0.2) is 42.7 Å². The predicted octanol–water partition coefficient (Wildman–Crippen LogP) is 1.85. The first kappa shape index (κ1) is 11.9. The van der Waals surface area contributed by atoms with Crippen LogP contribution in [0.5, 0.6) is 0 Å². The minimum atomic E-state index is 0.000985. The molecule has 0 fully saturated rings. The van der Waals surface area contributed by atoms with Gasteiger partial charge in [-0.05, 0) is 23.8 Å². The van der Waals surface area contributed by atoms with Gasteiger partial charge in [-0.3, -0.25) is 4.98 Å². The fourth-order valence-electron chi connectivity index (χ4n) is 1.46. The van der Waals surface area contributed by atoms with Gasteiger partial charge in [0.15, 0.2) is 0 Å². The Morgan fingerprint density at radius 1 is 1.06 bits per heavy atom. The molecule has 0 aliphatic carbocycles. The maximum absolute atomic E-state index is 9.02. The van der Waals surface area contributed by atoms with Crippen LogP contribution in [0.1, 0.15) is 22.3 Å². The van der Waals surface area contributed by atoms with Crippen molar-refractivity contribution in [3.05, 3.63) is 65.0 Å². The average molecular weight is 234 g/mol. The Morgan fingerprint density at radius 2 is 1.83 bits per heavy atom. The molecule has 1 aromatic heterocycles. The normalized spacial score (nSPS) is 9.11. The molecule has 0 amide bonds. The largest absolute Gasteiger partial charge is 0.392 e. The molecule has 0 saturated carbocycles. The molecule has 3 nitrogen and oxygen atoms in total. The van der Waals surface area contributed by atoms with Crippen LogP contribution in [-0.4, -0.2) is 10.1 Å². The Kier molecular flexibility index (Phi) is 3.71. The maximum atomic E-state index is 9.02. The molecule has 0 spiro atoms. The van der Waals surface area contributed by atoms with Crippen LogP contribution < -0.4 is 0 Å². The molecule has 1 N–H and O–H groups in total. The van der Waals surface area contributed by atoms with Gasteiger partial charge < -0.3 is 5.11 Å². The second-order valence-corrected chi connectivity index (χ2v) is 3.68. The molecule has 0 unspecified atom stereocenters. The Bertz CT molecular complexity index is 660. The SMILES string of the molecule is N#Cc1cncc(C#Cc2cccc(CO)c2)c1. The highest BCUT2D eigenvalue weighted by Crippen LogP contribution is 2.05. The van der Waals surface area contributed by atoms with E-state index in [9.17, 15) is 0 Å². The van der Waals surface area contributed by atoms with Gasteiger partial charge in [0.25, 0.3) is 0 Å². The van der Waals surface area contributed by atoms with Crippen LogP contribution in [-0.2, 0) is 6.61 Å². The smallest absolute Gasteiger partial charge is 0.101 e. The molecule has 0 aliphatic heterocycles. The van der Waals surface area contributed by atoms with Crippen LogP contribution in [0.3, 0.4) is 0 Å². The molecule has 2 aromatic rings. The third-order valence-corrected chi connectivity index (χ3v) is 2.33. The van der Waals surface area contributed by atoms with Crippen molar-refractivity contribution in [3.8, 4) is 17.9 Å². The van der Waals surface area contributed by atoms with E-state index in [1.807, 2.05) is 30.3 Å². The molecule has 86 valence electrons. The van der Waals surface area contributed by atoms with Gasteiger partial charge in [0.2, 0.25) is 0 Å². The molecular weight excluding hydrogens is 224 g/mol. The van der Waals surface area contributed by atoms with E-state index in [4.69, 9.17) is 10.4 Å². The number of hydrogen-bond donors (Lipinski definition) is 1. The Labute approximate surface area is 105 Å². The Morgan fingerprint density at radius 3 is 2.61 bits per heavy atom. The standard InChI is InChI=1S/C15H10N2O/c16-8-15-7-13(9-17-10-15)5-4-12-2-1-3-14(6-12)11-18/h1-3,6-7,9-10,18H,11H2. The molecule has 0 aliphatic rings. The zero-order valence-electron chi connectivity index (χ0n) is 9.59. The van der Waals surface area contributed by atoms with Gasteiger partial charge in [0.1, 0.15) is 6.07 Å². The summed E-state index contributed by atoms with van der Waals surface area (Å²) in [6.45, 7) is 0.000985. The van der Waals surface area contributed by atoms with E-state index >= 15 is 0 Å². The fraction of sp³-hybridized carbons (Fsp3) is 0.0667. The topological polar surface area (TPSA) is 56.9 Å². The van der Waals surface area contributed by atoms with Gasteiger partial charge in [-0.25, -0.2) is 0 Å². The number of nitrogens with zero attached hydrogens (tertiary/aromatic N) is 2. The van der Waals surface area contributed by atoms with E-state index in [1.54, 1.807) is 12.3 Å². The summed E-state index contributed by atoms with van der Waals surface area (Å²) in [6.07, 6.45) is 3.11. The van der Waals surface area contributed by atoms with Gasteiger partial charge in [-0.15, -0.1) is 0 Å². The highest BCUT2D eigenvalue weighted by molar-refractivity contribution is 5.45. The van der Waals surface area contributed by atoms with Crippen molar-refractivity contribution in [3.63, 3.8) is 0 Å². The molecule has 0 radical (unpaired) electrons. The van der Waals surface area contributed by atoms with Crippen molar-refractivity contribution in [2.75, 3.05) is 0 Å². The van der Waals surface area contributed by atoms with Crippen molar-refractivity contribution in [2.45, 2.75) is 6.61 Å². The maximum Gasteiger partial charge on any atom is 0.101 e. The summed E-state index contributed by atoms with van der Waals surface area (Å²) in [7, 11) is 0. The van der Waals surface area contributed by atoms with Crippen LogP contribution in [0.4, 0.5) is 0 Å². The monoisotopic (exact) mass is 234 g/mol.